The van der Waals surface area contributed by atoms with E-state index in [1.165, 1.54) is 38.5 Å². The van der Waals surface area contributed by atoms with Crippen LogP contribution >= 0.6 is 0 Å². The van der Waals surface area contributed by atoms with E-state index in [0.717, 1.165) is 31.6 Å². The van der Waals surface area contributed by atoms with Crippen molar-refractivity contribution in [3.8, 4) is 0 Å². The molecule has 6 fully saturated rings. The Kier molecular flexibility index (Phi) is 4.44. The van der Waals surface area contributed by atoms with Gasteiger partial charge >= 0.3 is 5.97 Å². The molecule has 33 heavy (non-hydrogen) atoms. The molecule has 0 aromatic carbocycles. The maximum Gasteiger partial charge on any atom is 0.312 e. The van der Waals surface area contributed by atoms with Gasteiger partial charge in [0.15, 0.2) is 0 Å². The molecular weight excluding hydrogens is 408 g/mol. The largest absolute Gasteiger partial charge is 0.461 e. The Bertz CT molecular complexity index is 876. The fraction of sp³-hybridized carbons (Fsp3) is 0.967. The Morgan fingerprint density at radius 1 is 0.758 bits per heavy atom. The van der Waals surface area contributed by atoms with Crippen molar-refractivity contribution in [1.29, 1.82) is 0 Å². The number of rotatable bonds is 0. The van der Waals surface area contributed by atoms with Crippen molar-refractivity contribution < 1.29 is 14.6 Å². The first-order chi connectivity index (χ1) is 15.2. The second kappa shape index (κ2) is 6.40. The molecule has 5 aliphatic carbocycles. The highest BCUT2D eigenvalue weighted by Crippen LogP contribution is 2.78. The first-order valence-corrected chi connectivity index (χ1v) is 14.1. The highest BCUT2D eigenvalue weighted by Gasteiger charge is 2.75. The second-order valence-electron chi connectivity index (χ2n) is 15.5. The summed E-state index contributed by atoms with van der Waals surface area (Å²) in [6.45, 7) is 17.3. The fourth-order valence-electron chi connectivity index (χ4n) is 11.8. The minimum Gasteiger partial charge on any atom is -0.461 e. The molecule has 186 valence electrons. The molecule has 10 atom stereocenters. The van der Waals surface area contributed by atoms with Gasteiger partial charge in [-0.2, -0.15) is 0 Å². The first-order valence-electron chi connectivity index (χ1n) is 14.1. The van der Waals surface area contributed by atoms with Gasteiger partial charge in [0.2, 0.25) is 0 Å². The molecule has 5 saturated carbocycles. The minimum atomic E-state index is -0.189. The number of carbonyl (C=O) groups is 1. The predicted octanol–water partition coefficient (Wildman–Crippen LogP) is 6.76. The Morgan fingerprint density at radius 3 is 2.18 bits per heavy atom. The van der Waals surface area contributed by atoms with Crippen LogP contribution in [0, 0.1) is 56.2 Å². The van der Waals surface area contributed by atoms with Crippen molar-refractivity contribution in [1.82, 2.24) is 0 Å². The predicted molar refractivity (Wildman–Crippen MR) is 130 cm³/mol. The summed E-state index contributed by atoms with van der Waals surface area (Å²) in [4.78, 5) is 13.3. The van der Waals surface area contributed by atoms with Gasteiger partial charge in [0, 0.05) is 11.3 Å². The van der Waals surface area contributed by atoms with Crippen LogP contribution < -0.4 is 0 Å². The molecule has 1 aliphatic heterocycles. The Hall–Kier alpha value is -0.570. The van der Waals surface area contributed by atoms with Gasteiger partial charge in [0.1, 0.15) is 6.10 Å². The third kappa shape index (κ3) is 2.45. The van der Waals surface area contributed by atoms with Crippen LogP contribution in [0.5, 0.6) is 0 Å². The zero-order valence-corrected chi connectivity index (χ0v) is 22.3. The van der Waals surface area contributed by atoms with Gasteiger partial charge in [0.05, 0.1) is 11.5 Å². The number of fused-ring (bicyclic) bond motifs is 5. The molecule has 0 spiro atoms. The molecular formula is C30H48O3. The van der Waals surface area contributed by atoms with Gasteiger partial charge in [-0.15, -0.1) is 0 Å². The van der Waals surface area contributed by atoms with E-state index in [9.17, 15) is 9.90 Å². The normalized spacial score (nSPS) is 58.4. The van der Waals surface area contributed by atoms with E-state index in [1.807, 2.05) is 0 Å². The highest BCUT2D eigenvalue weighted by molar-refractivity contribution is 5.81. The minimum absolute atomic E-state index is 0.00939. The number of ether oxygens (including phenoxy) is 1. The summed E-state index contributed by atoms with van der Waals surface area (Å²) in [7, 11) is 0. The van der Waals surface area contributed by atoms with E-state index in [1.54, 1.807) is 0 Å². The fourth-order valence-corrected chi connectivity index (χ4v) is 11.8. The van der Waals surface area contributed by atoms with Gasteiger partial charge in [-0.3, -0.25) is 4.79 Å². The number of aliphatic hydroxyl groups is 1. The maximum atomic E-state index is 13.3. The van der Waals surface area contributed by atoms with Crippen LogP contribution in [-0.4, -0.2) is 23.3 Å². The van der Waals surface area contributed by atoms with Crippen LogP contribution in [0.25, 0.3) is 0 Å². The van der Waals surface area contributed by atoms with Crippen molar-refractivity contribution >= 4 is 5.97 Å². The van der Waals surface area contributed by atoms with Crippen LogP contribution in [0.2, 0.25) is 0 Å². The third-order valence-electron chi connectivity index (χ3n) is 14.0. The van der Waals surface area contributed by atoms with Crippen molar-refractivity contribution in [3.63, 3.8) is 0 Å². The second-order valence-corrected chi connectivity index (χ2v) is 15.5. The lowest BCUT2D eigenvalue weighted by atomic mass is 9.31. The third-order valence-corrected chi connectivity index (χ3v) is 14.0. The monoisotopic (exact) mass is 456 g/mol. The van der Waals surface area contributed by atoms with Crippen molar-refractivity contribution in [3.05, 3.63) is 0 Å². The Balaban J connectivity index is 1.41. The van der Waals surface area contributed by atoms with Crippen LogP contribution in [0.1, 0.15) is 113 Å². The van der Waals surface area contributed by atoms with Crippen molar-refractivity contribution in [2.45, 2.75) is 125 Å². The molecule has 0 unspecified atom stereocenters. The van der Waals surface area contributed by atoms with E-state index in [4.69, 9.17) is 4.74 Å². The summed E-state index contributed by atoms with van der Waals surface area (Å²) in [5, 5.41) is 10.9. The smallest absolute Gasteiger partial charge is 0.312 e. The van der Waals surface area contributed by atoms with E-state index < -0.39 is 0 Å². The van der Waals surface area contributed by atoms with E-state index >= 15 is 0 Å². The molecule has 1 saturated heterocycles. The van der Waals surface area contributed by atoms with E-state index in [0.29, 0.717) is 28.6 Å². The topological polar surface area (TPSA) is 46.5 Å². The molecule has 1 heterocycles. The van der Waals surface area contributed by atoms with Crippen molar-refractivity contribution in [2.24, 2.45) is 56.2 Å². The number of hydrogen-bond acceptors (Lipinski definition) is 3. The summed E-state index contributed by atoms with van der Waals surface area (Å²) in [6.07, 6.45) is 11.6. The average Bonchev–Trinajstić information content (AvgIpc) is 2.99. The molecule has 0 radical (unpaired) electrons. The molecule has 2 bridgehead atoms. The summed E-state index contributed by atoms with van der Waals surface area (Å²) < 4.78 is 6.28. The van der Waals surface area contributed by atoms with Gasteiger partial charge in [-0.05, 0) is 104 Å². The SMILES string of the molecule is CC1(C)CC[C@@]23CC[C@]4(C)[C@H](CC[C@@H]5[C@@]6(C)CC[C@H](O)C(C)(C)[C@H]6CC[C@]54C)[C@H]2[C@H]1OC3=O. The van der Waals surface area contributed by atoms with Gasteiger partial charge in [-0.1, -0.05) is 48.5 Å². The van der Waals surface area contributed by atoms with Gasteiger partial charge in [-0.25, -0.2) is 0 Å². The van der Waals surface area contributed by atoms with Crippen LogP contribution in [-0.2, 0) is 9.53 Å². The highest BCUT2D eigenvalue weighted by atomic mass is 16.6. The number of esters is 1. The number of aliphatic hydroxyl groups excluding tert-OH is 1. The van der Waals surface area contributed by atoms with E-state index in [2.05, 4.69) is 48.5 Å². The molecule has 1 N–H and O–H groups in total. The number of carbonyl (C=O) groups excluding carboxylic acids is 1. The molecule has 0 amide bonds. The molecule has 3 nitrogen and oxygen atoms in total. The number of hydrogen-bond donors (Lipinski definition) is 1. The first kappa shape index (κ1) is 22.9. The Labute approximate surface area is 201 Å². The lowest BCUT2D eigenvalue weighted by molar-refractivity contribution is -0.252. The molecule has 3 heteroatoms. The summed E-state index contributed by atoms with van der Waals surface area (Å²) in [6, 6.07) is 0. The zero-order valence-electron chi connectivity index (χ0n) is 22.3. The summed E-state index contributed by atoms with van der Waals surface area (Å²) in [5.41, 5.74) is 0.823. The quantitative estimate of drug-likeness (QED) is 0.409. The average molecular weight is 457 g/mol. The summed E-state index contributed by atoms with van der Waals surface area (Å²) in [5.74, 6) is 2.50. The molecule has 0 aromatic heterocycles. The van der Waals surface area contributed by atoms with Crippen LogP contribution in [0.3, 0.4) is 0 Å². The molecule has 6 aliphatic rings. The Morgan fingerprint density at radius 2 is 1.45 bits per heavy atom. The zero-order chi connectivity index (χ0) is 23.8. The lowest BCUT2D eigenvalue weighted by Gasteiger charge is -2.73. The van der Waals surface area contributed by atoms with Gasteiger partial charge < -0.3 is 9.84 Å². The molecule has 6 rings (SSSR count). The molecule has 0 aromatic rings. The standard InChI is InChI=1S/C30H48O3/c1-25(2)14-16-30-17-15-28(6)18(22(30)23(25)33-24(30)32)8-9-20-27(5)12-11-21(31)26(3,4)19(27)10-13-29(20,28)7/h18-23,31H,8-17H2,1-7H3/t18-,19-,20-,21+,22+,23-,27+,28-,29-,30-/m1/s1. The van der Waals surface area contributed by atoms with Crippen LogP contribution in [0.15, 0.2) is 0 Å². The van der Waals surface area contributed by atoms with Crippen molar-refractivity contribution in [2.75, 3.05) is 0 Å². The van der Waals surface area contributed by atoms with Crippen LogP contribution in [0.4, 0.5) is 0 Å². The maximum absolute atomic E-state index is 13.3. The van der Waals surface area contributed by atoms with Gasteiger partial charge in [0.25, 0.3) is 0 Å². The lowest BCUT2D eigenvalue weighted by Crippen LogP contribution is -2.67. The summed E-state index contributed by atoms with van der Waals surface area (Å²) >= 11 is 0. The van der Waals surface area contributed by atoms with E-state index in [-0.39, 0.29) is 39.8 Å².